The van der Waals surface area contributed by atoms with Gasteiger partial charge in [-0.25, -0.2) is 9.50 Å². The Bertz CT molecular complexity index is 985. The minimum absolute atomic E-state index is 0.00202. The van der Waals surface area contributed by atoms with E-state index in [0.29, 0.717) is 11.4 Å². The highest BCUT2D eigenvalue weighted by atomic mass is 16.2. The van der Waals surface area contributed by atoms with Crippen molar-refractivity contribution in [3.63, 3.8) is 0 Å². The number of aryl methyl sites for hydroxylation is 1. The highest BCUT2D eigenvalue weighted by Gasteiger charge is 2.25. The summed E-state index contributed by atoms with van der Waals surface area (Å²) >= 11 is 0. The molecule has 0 fully saturated rings. The Morgan fingerprint density at radius 2 is 2.04 bits per heavy atom. The van der Waals surface area contributed by atoms with E-state index in [0.717, 1.165) is 18.4 Å². The molecule has 0 saturated heterocycles. The minimum Gasteiger partial charge on any atom is -0.365 e. The molecule has 0 aromatic carbocycles. The summed E-state index contributed by atoms with van der Waals surface area (Å²) in [5, 5.41) is 7.27. The molecular weight excluding hydrogens is 320 g/mol. The number of primary amides is 1. The van der Waals surface area contributed by atoms with Crippen molar-refractivity contribution in [1.29, 1.82) is 0 Å². The zero-order valence-corrected chi connectivity index (χ0v) is 13.6. The van der Waals surface area contributed by atoms with Gasteiger partial charge in [-0.1, -0.05) is 0 Å². The Balaban J connectivity index is 1.63. The third kappa shape index (κ3) is 2.51. The van der Waals surface area contributed by atoms with E-state index in [-0.39, 0.29) is 23.2 Å². The molecule has 0 spiro atoms. The van der Waals surface area contributed by atoms with Crippen molar-refractivity contribution in [1.82, 2.24) is 24.9 Å². The molecule has 4 rings (SSSR count). The first-order valence-corrected chi connectivity index (χ1v) is 7.91. The summed E-state index contributed by atoms with van der Waals surface area (Å²) in [4.78, 5) is 32.6. The number of nitrogens with one attached hydrogen (secondary N) is 1. The zero-order valence-electron chi connectivity index (χ0n) is 13.6. The molecule has 0 radical (unpaired) electrons. The van der Waals surface area contributed by atoms with Crippen molar-refractivity contribution in [2.24, 2.45) is 5.73 Å². The third-order valence-corrected chi connectivity index (χ3v) is 4.44. The lowest BCUT2D eigenvalue weighted by molar-refractivity contribution is 0.0929. The summed E-state index contributed by atoms with van der Waals surface area (Å²) in [7, 11) is 0. The first kappa shape index (κ1) is 15.3. The number of pyridine rings is 1. The predicted octanol–water partition coefficient (Wildman–Crippen LogP) is 0.429. The van der Waals surface area contributed by atoms with E-state index >= 15 is 0 Å². The topological polar surface area (TPSA) is 115 Å². The van der Waals surface area contributed by atoms with E-state index in [1.54, 1.807) is 19.2 Å². The van der Waals surface area contributed by atoms with Gasteiger partial charge in [0.2, 0.25) is 0 Å². The lowest BCUT2D eigenvalue weighted by Gasteiger charge is -2.12. The predicted molar refractivity (Wildman–Crippen MR) is 89.1 cm³/mol. The van der Waals surface area contributed by atoms with Crippen LogP contribution in [0.15, 0.2) is 30.7 Å². The van der Waals surface area contributed by atoms with Crippen LogP contribution >= 0.6 is 0 Å². The summed E-state index contributed by atoms with van der Waals surface area (Å²) in [5.74, 6) is -0.881. The van der Waals surface area contributed by atoms with Crippen LogP contribution in [0.5, 0.6) is 0 Å². The molecule has 0 aliphatic heterocycles. The molecule has 3 heterocycles. The van der Waals surface area contributed by atoms with E-state index in [2.05, 4.69) is 20.4 Å². The minimum atomic E-state index is -0.615. The normalized spacial score (nSPS) is 16.0. The Morgan fingerprint density at radius 3 is 2.80 bits per heavy atom. The summed E-state index contributed by atoms with van der Waals surface area (Å²) < 4.78 is 1.37. The Morgan fingerprint density at radius 1 is 1.24 bits per heavy atom. The van der Waals surface area contributed by atoms with E-state index in [1.165, 1.54) is 16.3 Å². The second-order valence-corrected chi connectivity index (χ2v) is 6.11. The number of fused-ring (bicyclic) bond motifs is 2. The van der Waals surface area contributed by atoms with Crippen molar-refractivity contribution >= 4 is 17.5 Å². The molecule has 1 unspecified atom stereocenters. The van der Waals surface area contributed by atoms with Gasteiger partial charge in [-0.05, 0) is 43.0 Å². The number of amides is 2. The first-order valence-electron chi connectivity index (χ1n) is 7.91. The fourth-order valence-corrected chi connectivity index (χ4v) is 3.32. The number of rotatable bonds is 3. The number of hydrogen-bond donors (Lipinski definition) is 2. The lowest BCUT2D eigenvalue weighted by atomic mass is 10.2. The maximum Gasteiger partial charge on any atom is 0.270 e. The molecule has 8 heteroatoms. The van der Waals surface area contributed by atoms with Gasteiger partial charge in [-0.2, -0.15) is 5.10 Å². The molecule has 8 nitrogen and oxygen atoms in total. The average molecular weight is 336 g/mol. The maximum atomic E-state index is 12.7. The maximum absolute atomic E-state index is 12.7. The van der Waals surface area contributed by atoms with Crippen molar-refractivity contribution in [3.05, 3.63) is 58.8 Å². The van der Waals surface area contributed by atoms with Crippen LogP contribution in [-0.2, 0) is 12.8 Å². The lowest BCUT2D eigenvalue weighted by Crippen LogP contribution is -2.36. The van der Waals surface area contributed by atoms with E-state index in [1.807, 2.05) is 12.3 Å². The zero-order chi connectivity index (χ0) is 17.6. The fourth-order valence-electron chi connectivity index (χ4n) is 3.32. The standard InChI is InChI=1S/C17H16N6O2/c1-9-14(15(18)24)16-20-5-3-13(23(16)22-9)17(25)21-12-6-10-2-4-19-8-11(10)7-12/h2-5,8,12H,6-7H2,1H3,(H2,18,24)(H,21,25). The van der Waals surface area contributed by atoms with Gasteiger partial charge in [0, 0.05) is 24.6 Å². The van der Waals surface area contributed by atoms with Crippen LogP contribution in [0.3, 0.4) is 0 Å². The van der Waals surface area contributed by atoms with Crippen LogP contribution < -0.4 is 11.1 Å². The van der Waals surface area contributed by atoms with Crippen LogP contribution in [-0.4, -0.2) is 37.4 Å². The Labute approximate surface area is 143 Å². The van der Waals surface area contributed by atoms with Gasteiger partial charge < -0.3 is 11.1 Å². The van der Waals surface area contributed by atoms with E-state index in [9.17, 15) is 9.59 Å². The number of nitrogens with zero attached hydrogens (tertiary/aromatic N) is 4. The van der Waals surface area contributed by atoms with Crippen LogP contribution in [0.1, 0.15) is 37.7 Å². The second-order valence-electron chi connectivity index (χ2n) is 6.11. The fraction of sp³-hybridized carbons (Fsp3) is 0.235. The van der Waals surface area contributed by atoms with Gasteiger partial charge in [0.25, 0.3) is 11.8 Å². The van der Waals surface area contributed by atoms with Gasteiger partial charge in [0.15, 0.2) is 5.65 Å². The molecule has 1 aliphatic carbocycles. The van der Waals surface area contributed by atoms with E-state index in [4.69, 9.17) is 5.73 Å². The molecule has 0 saturated carbocycles. The highest BCUT2D eigenvalue weighted by molar-refractivity contribution is 6.01. The van der Waals surface area contributed by atoms with Gasteiger partial charge in [-0.3, -0.25) is 14.6 Å². The van der Waals surface area contributed by atoms with Crippen molar-refractivity contribution < 1.29 is 9.59 Å². The van der Waals surface area contributed by atoms with Crippen molar-refractivity contribution in [2.45, 2.75) is 25.8 Å². The quantitative estimate of drug-likeness (QED) is 0.719. The van der Waals surface area contributed by atoms with Gasteiger partial charge in [0.1, 0.15) is 11.3 Å². The summed E-state index contributed by atoms with van der Waals surface area (Å²) in [6.07, 6.45) is 6.58. The second kappa shape index (κ2) is 5.66. The molecule has 1 atom stereocenters. The summed E-state index contributed by atoms with van der Waals surface area (Å²) in [5.41, 5.74) is 9.02. The number of carbonyl (C=O) groups is 2. The van der Waals surface area contributed by atoms with Gasteiger partial charge in [0.05, 0.1) is 5.69 Å². The molecule has 0 bridgehead atoms. The van der Waals surface area contributed by atoms with Gasteiger partial charge in [-0.15, -0.1) is 0 Å². The molecule has 2 amide bonds. The van der Waals surface area contributed by atoms with Crippen LogP contribution in [0.2, 0.25) is 0 Å². The third-order valence-electron chi connectivity index (χ3n) is 4.44. The molecule has 3 aromatic rings. The molecule has 3 N–H and O–H groups in total. The van der Waals surface area contributed by atoms with Crippen LogP contribution in [0.25, 0.3) is 5.65 Å². The average Bonchev–Trinajstić information content (AvgIpc) is 3.13. The smallest absolute Gasteiger partial charge is 0.270 e. The molecular formula is C17H16N6O2. The van der Waals surface area contributed by atoms with Crippen molar-refractivity contribution in [2.75, 3.05) is 0 Å². The first-order chi connectivity index (χ1) is 12.0. The SMILES string of the molecule is Cc1nn2c(C(=O)NC3Cc4ccncc4C3)ccnc2c1C(N)=O. The molecule has 126 valence electrons. The Hall–Kier alpha value is -3.29. The largest absolute Gasteiger partial charge is 0.365 e. The Kier molecular flexibility index (Phi) is 3.45. The highest BCUT2D eigenvalue weighted by Crippen LogP contribution is 2.21. The van der Waals surface area contributed by atoms with Crippen LogP contribution in [0.4, 0.5) is 0 Å². The van der Waals surface area contributed by atoms with Gasteiger partial charge >= 0.3 is 0 Å². The van der Waals surface area contributed by atoms with Crippen LogP contribution in [0, 0.1) is 6.92 Å². The molecule has 1 aliphatic rings. The number of hydrogen-bond acceptors (Lipinski definition) is 5. The number of nitrogens with two attached hydrogens (primary N) is 1. The van der Waals surface area contributed by atoms with Crippen molar-refractivity contribution in [3.8, 4) is 0 Å². The summed E-state index contributed by atoms with van der Waals surface area (Å²) in [6, 6.07) is 3.55. The molecule has 3 aromatic heterocycles. The van der Waals surface area contributed by atoms with E-state index < -0.39 is 5.91 Å². The number of carbonyl (C=O) groups excluding carboxylic acids is 2. The monoisotopic (exact) mass is 336 g/mol. The number of aromatic nitrogens is 4. The summed E-state index contributed by atoms with van der Waals surface area (Å²) in [6.45, 7) is 1.66. The molecule has 25 heavy (non-hydrogen) atoms.